The molecular formula is C12H24N2O2. The fraction of sp³-hybridized carbons (Fsp3) is 0.917. The molecule has 1 aliphatic heterocycles. The molecule has 0 aliphatic carbocycles. The molecule has 0 aromatic rings. The molecule has 0 radical (unpaired) electrons. The lowest BCUT2D eigenvalue weighted by molar-refractivity contribution is -0.145. The Kier molecular flexibility index (Phi) is 4.74. The zero-order valence-electron chi connectivity index (χ0n) is 10.9. The number of nitrogens with one attached hydrogen (secondary N) is 1. The average molecular weight is 228 g/mol. The minimum atomic E-state index is -0.109. The number of nitrogens with zero attached hydrogens (tertiary/aromatic N) is 1. The third kappa shape index (κ3) is 3.46. The van der Waals surface area contributed by atoms with E-state index in [-0.39, 0.29) is 17.4 Å². The third-order valence-corrected chi connectivity index (χ3v) is 3.70. The molecule has 0 bridgehead atoms. The van der Waals surface area contributed by atoms with Crippen LogP contribution >= 0.6 is 0 Å². The molecule has 1 aliphatic rings. The molecule has 1 unspecified atom stereocenters. The zero-order chi connectivity index (χ0) is 12.2. The maximum atomic E-state index is 11.3. The fourth-order valence-electron chi connectivity index (χ4n) is 2.14. The summed E-state index contributed by atoms with van der Waals surface area (Å²) in [5.74, 6) is -0.133. The highest BCUT2D eigenvalue weighted by Crippen LogP contribution is 2.21. The van der Waals surface area contributed by atoms with Gasteiger partial charge in [0.05, 0.1) is 13.0 Å². The van der Waals surface area contributed by atoms with Crippen molar-refractivity contribution in [1.82, 2.24) is 10.2 Å². The van der Waals surface area contributed by atoms with Gasteiger partial charge in [-0.15, -0.1) is 0 Å². The number of hydrogen-bond donors (Lipinski definition) is 1. The Hall–Kier alpha value is -0.610. The molecule has 0 amide bonds. The molecule has 1 rings (SSSR count). The van der Waals surface area contributed by atoms with Gasteiger partial charge in [-0.05, 0) is 39.9 Å². The summed E-state index contributed by atoms with van der Waals surface area (Å²) in [6.07, 6.45) is 2.27. The second-order valence-corrected chi connectivity index (χ2v) is 5.04. The van der Waals surface area contributed by atoms with Crippen molar-refractivity contribution in [2.45, 2.75) is 32.2 Å². The predicted octanol–water partition coefficient (Wildman–Crippen LogP) is 0.869. The molecule has 0 aromatic carbocycles. The molecule has 1 saturated heterocycles. The molecule has 1 atom stereocenters. The minimum Gasteiger partial charge on any atom is -0.469 e. The maximum Gasteiger partial charge on any atom is 0.309 e. The molecule has 94 valence electrons. The summed E-state index contributed by atoms with van der Waals surface area (Å²) in [5.41, 5.74) is 0.269. The van der Waals surface area contributed by atoms with Crippen molar-refractivity contribution < 1.29 is 9.53 Å². The lowest BCUT2D eigenvalue weighted by Gasteiger charge is -2.39. The third-order valence-electron chi connectivity index (χ3n) is 3.70. The molecule has 1 fully saturated rings. The molecule has 4 nitrogen and oxygen atoms in total. The number of ether oxygens (including phenoxy) is 1. The van der Waals surface area contributed by atoms with Crippen LogP contribution in [0.4, 0.5) is 0 Å². The number of rotatable bonds is 4. The average Bonchev–Trinajstić information content (AvgIpc) is 2.31. The van der Waals surface area contributed by atoms with Gasteiger partial charge in [0.1, 0.15) is 0 Å². The number of methoxy groups -OCH3 is 1. The van der Waals surface area contributed by atoms with E-state index < -0.39 is 0 Å². The van der Waals surface area contributed by atoms with Crippen molar-refractivity contribution in [3.8, 4) is 0 Å². The number of piperidine rings is 1. The van der Waals surface area contributed by atoms with Crippen molar-refractivity contribution in [1.29, 1.82) is 0 Å². The lowest BCUT2D eigenvalue weighted by Crippen LogP contribution is -2.51. The van der Waals surface area contributed by atoms with Crippen LogP contribution in [0.15, 0.2) is 0 Å². The van der Waals surface area contributed by atoms with Gasteiger partial charge in [0.2, 0.25) is 0 Å². The Bertz CT molecular complexity index is 235. The van der Waals surface area contributed by atoms with Crippen molar-refractivity contribution >= 4 is 5.97 Å². The van der Waals surface area contributed by atoms with Gasteiger partial charge in [0.15, 0.2) is 0 Å². The molecule has 1 heterocycles. The van der Waals surface area contributed by atoms with Crippen molar-refractivity contribution in [3.63, 3.8) is 0 Å². The number of likely N-dealkylation sites (tertiary alicyclic amines) is 1. The van der Waals surface area contributed by atoms with Gasteiger partial charge in [-0.2, -0.15) is 0 Å². The normalized spacial score (nSPS) is 22.8. The van der Waals surface area contributed by atoms with E-state index in [4.69, 9.17) is 4.74 Å². The SMILES string of the molecule is CNC1(C)CCN(CC(C)C(=O)OC)CC1. The Balaban J connectivity index is 2.35. The Labute approximate surface area is 98.3 Å². The maximum absolute atomic E-state index is 11.3. The molecule has 0 saturated carbocycles. The van der Waals surface area contributed by atoms with Crippen LogP contribution in [-0.2, 0) is 9.53 Å². The van der Waals surface area contributed by atoms with Crippen molar-refractivity contribution in [2.24, 2.45) is 5.92 Å². The Morgan fingerprint density at radius 3 is 2.50 bits per heavy atom. The molecular weight excluding hydrogens is 204 g/mol. The number of carbonyl (C=O) groups is 1. The standard InChI is InChI=1S/C12H24N2O2/c1-10(11(15)16-4)9-14-7-5-12(2,13-3)6-8-14/h10,13H,5-9H2,1-4H3. The lowest BCUT2D eigenvalue weighted by atomic mass is 9.89. The highest BCUT2D eigenvalue weighted by atomic mass is 16.5. The van der Waals surface area contributed by atoms with Crippen LogP contribution in [-0.4, -0.2) is 50.2 Å². The monoisotopic (exact) mass is 228 g/mol. The van der Waals surface area contributed by atoms with Crippen molar-refractivity contribution in [2.75, 3.05) is 33.8 Å². The van der Waals surface area contributed by atoms with Crippen LogP contribution in [0.2, 0.25) is 0 Å². The number of hydrogen-bond acceptors (Lipinski definition) is 4. The van der Waals surface area contributed by atoms with E-state index in [9.17, 15) is 4.79 Å². The van der Waals surface area contributed by atoms with Gasteiger partial charge < -0.3 is 15.0 Å². The van der Waals surface area contributed by atoms with Crippen LogP contribution in [0, 0.1) is 5.92 Å². The van der Waals surface area contributed by atoms with Gasteiger partial charge in [-0.1, -0.05) is 6.92 Å². The number of esters is 1. The highest BCUT2D eigenvalue weighted by molar-refractivity contribution is 5.72. The predicted molar refractivity (Wildman–Crippen MR) is 64.3 cm³/mol. The van der Waals surface area contributed by atoms with Crippen LogP contribution in [0.5, 0.6) is 0 Å². The summed E-state index contributed by atoms with van der Waals surface area (Å²) in [5, 5.41) is 3.37. The second kappa shape index (κ2) is 5.64. The van der Waals surface area contributed by atoms with Crippen LogP contribution in [0.25, 0.3) is 0 Å². The van der Waals surface area contributed by atoms with Crippen LogP contribution in [0.1, 0.15) is 26.7 Å². The Morgan fingerprint density at radius 2 is 2.06 bits per heavy atom. The van der Waals surface area contributed by atoms with Crippen molar-refractivity contribution in [3.05, 3.63) is 0 Å². The van der Waals surface area contributed by atoms with E-state index in [1.807, 2.05) is 14.0 Å². The summed E-state index contributed by atoms with van der Waals surface area (Å²) < 4.78 is 4.74. The highest BCUT2D eigenvalue weighted by Gasteiger charge is 2.29. The van der Waals surface area contributed by atoms with Gasteiger partial charge in [0.25, 0.3) is 0 Å². The van der Waals surface area contributed by atoms with Gasteiger partial charge in [-0.25, -0.2) is 0 Å². The van der Waals surface area contributed by atoms with E-state index in [1.165, 1.54) is 7.11 Å². The summed E-state index contributed by atoms with van der Waals surface area (Å²) in [6.45, 7) is 7.11. The summed E-state index contributed by atoms with van der Waals surface area (Å²) in [7, 11) is 3.47. The minimum absolute atomic E-state index is 0.0241. The summed E-state index contributed by atoms with van der Waals surface area (Å²) >= 11 is 0. The first-order chi connectivity index (χ1) is 7.50. The molecule has 0 spiro atoms. The molecule has 16 heavy (non-hydrogen) atoms. The topological polar surface area (TPSA) is 41.6 Å². The smallest absolute Gasteiger partial charge is 0.309 e. The summed E-state index contributed by atoms with van der Waals surface area (Å²) in [4.78, 5) is 13.7. The molecule has 4 heteroatoms. The van der Waals surface area contributed by atoms with E-state index in [0.29, 0.717) is 0 Å². The van der Waals surface area contributed by atoms with E-state index >= 15 is 0 Å². The molecule has 0 aromatic heterocycles. The first-order valence-corrected chi connectivity index (χ1v) is 6.00. The first-order valence-electron chi connectivity index (χ1n) is 6.00. The van der Waals surface area contributed by atoms with Gasteiger partial charge in [-0.3, -0.25) is 4.79 Å². The fourth-order valence-corrected chi connectivity index (χ4v) is 2.14. The van der Waals surface area contributed by atoms with E-state index in [0.717, 1.165) is 32.5 Å². The van der Waals surface area contributed by atoms with Gasteiger partial charge >= 0.3 is 5.97 Å². The quantitative estimate of drug-likeness (QED) is 0.725. The summed E-state index contributed by atoms with van der Waals surface area (Å²) in [6, 6.07) is 0. The van der Waals surface area contributed by atoms with E-state index in [2.05, 4.69) is 17.1 Å². The number of carbonyl (C=O) groups excluding carboxylic acids is 1. The zero-order valence-corrected chi connectivity index (χ0v) is 10.9. The largest absolute Gasteiger partial charge is 0.469 e. The second-order valence-electron chi connectivity index (χ2n) is 5.04. The van der Waals surface area contributed by atoms with Gasteiger partial charge in [0, 0.05) is 12.1 Å². The molecule has 1 N–H and O–H groups in total. The van der Waals surface area contributed by atoms with Crippen LogP contribution in [0.3, 0.4) is 0 Å². The van der Waals surface area contributed by atoms with E-state index in [1.54, 1.807) is 0 Å². The first kappa shape index (κ1) is 13.5. The van der Waals surface area contributed by atoms with Crippen LogP contribution < -0.4 is 5.32 Å². The Morgan fingerprint density at radius 1 is 1.50 bits per heavy atom.